The Balaban J connectivity index is 2.22. The van der Waals surface area contributed by atoms with E-state index in [1.54, 1.807) is 6.92 Å². The molecular formula is C9H8ClN5OS. The van der Waals surface area contributed by atoms with Gasteiger partial charge in [0.25, 0.3) is 5.91 Å². The number of aromatic nitrogens is 3. The molecule has 3 N–H and O–H groups in total. The van der Waals surface area contributed by atoms with E-state index in [9.17, 15) is 4.79 Å². The third-order valence-corrected chi connectivity index (χ3v) is 2.91. The Hall–Kier alpha value is -1.73. The molecule has 0 atom stereocenters. The highest BCUT2D eigenvalue weighted by Crippen LogP contribution is 2.19. The van der Waals surface area contributed by atoms with Gasteiger partial charge in [0, 0.05) is 0 Å². The summed E-state index contributed by atoms with van der Waals surface area (Å²) in [5, 5.41) is 11.4. The van der Waals surface area contributed by atoms with Crippen molar-refractivity contribution in [1.82, 2.24) is 15.2 Å². The van der Waals surface area contributed by atoms with Crippen LogP contribution in [-0.2, 0) is 0 Å². The van der Waals surface area contributed by atoms with Gasteiger partial charge in [0.05, 0.1) is 17.4 Å². The summed E-state index contributed by atoms with van der Waals surface area (Å²) < 4.78 is 0. The average molecular weight is 270 g/mol. The topological polar surface area (TPSA) is 93.8 Å². The fourth-order valence-corrected chi connectivity index (χ4v) is 1.91. The minimum Gasteiger partial charge on any atom is -0.397 e. The third kappa shape index (κ3) is 2.69. The number of nitrogen functional groups attached to an aromatic ring is 1. The van der Waals surface area contributed by atoms with Crippen molar-refractivity contribution in [2.24, 2.45) is 0 Å². The SMILES string of the molecule is Cc1nnc(NC(=O)c2cc(N)cnc2Cl)s1. The fraction of sp³-hybridized carbons (Fsp3) is 0.111. The van der Waals surface area contributed by atoms with Crippen LogP contribution in [0.2, 0.25) is 5.15 Å². The van der Waals surface area contributed by atoms with Crippen LogP contribution in [0.3, 0.4) is 0 Å². The molecule has 0 fully saturated rings. The van der Waals surface area contributed by atoms with E-state index in [4.69, 9.17) is 17.3 Å². The number of carbonyl (C=O) groups is 1. The number of nitrogens with two attached hydrogens (primary N) is 1. The summed E-state index contributed by atoms with van der Waals surface area (Å²) in [6.07, 6.45) is 1.38. The smallest absolute Gasteiger partial charge is 0.260 e. The molecule has 0 aliphatic rings. The Bertz CT molecular complexity index is 570. The second kappa shape index (κ2) is 4.64. The molecule has 6 nitrogen and oxygen atoms in total. The largest absolute Gasteiger partial charge is 0.397 e. The number of pyridine rings is 1. The average Bonchev–Trinajstić information content (AvgIpc) is 2.67. The minimum absolute atomic E-state index is 0.0953. The van der Waals surface area contributed by atoms with Crippen molar-refractivity contribution in [1.29, 1.82) is 0 Å². The predicted octanol–water partition coefficient (Wildman–Crippen LogP) is 1.73. The molecule has 8 heteroatoms. The minimum atomic E-state index is -0.411. The summed E-state index contributed by atoms with van der Waals surface area (Å²) in [5.41, 5.74) is 6.11. The summed E-state index contributed by atoms with van der Waals surface area (Å²) in [6, 6.07) is 1.46. The number of anilines is 2. The third-order valence-electron chi connectivity index (χ3n) is 1.85. The zero-order chi connectivity index (χ0) is 12.4. The van der Waals surface area contributed by atoms with Crippen molar-refractivity contribution >= 4 is 39.7 Å². The molecule has 1 amide bonds. The first-order valence-electron chi connectivity index (χ1n) is 4.59. The Morgan fingerprint density at radius 1 is 1.53 bits per heavy atom. The first-order valence-corrected chi connectivity index (χ1v) is 5.78. The lowest BCUT2D eigenvalue weighted by Crippen LogP contribution is -2.13. The maximum absolute atomic E-state index is 11.8. The van der Waals surface area contributed by atoms with Crippen LogP contribution in [0.4, 0.5) is 10.8 Å². The van der Waals surface area contributed by atoms with Crippen molar-refractivity contribution in [3.63, 3.8) is 0 Å². The maximum Gasteiger partial charge on any atom is 0.260 e. The van der Waals surface area contributed by atoms with Gasteiger partial charge >= 0.3 is 0 Å². The van der Waals surface area contributed by atoms with Gasteiger partial charge in [-0.1, -0.05) is 22.9 Å². The van der Waals surface area contributed by atoms with Crippen molar-refractivity contribution in [2.45, 2.75) is 6.92 Å². The summed E-state index contributed by atoms with van der Waals surface area (Å²) in [4.78, 5) is 15.6. The van der Waals surface area contributed by atoms with Crippen LogP contribution in [0, 0.1) is 6.92 Å². The molecule has 0 spiro atoms. The van der Waals surface area contributed by atoms with E-state index >= 15 is 0 Å². The summed E-state index contributed by atoms with van der Waals surface area (Å²) in [5.74, 6) is -0.411. The molecule has 0 aliphatic carbocycles. The van der Waals surface area contributed by atoms with Crippen LogP contribution < -0.4 is 11.1 Å². The van der Waals surface area contributed by atoms with E-state index in [1.807, 2.05) is 0 Å². The van der Waals surface area contributed by atoms with Crippen molar-refractivity contribution in [3.05, 3.63) is 28.0 Å². The Morgan fingerprint density at radius 3 is 2.94 bits per heavy atom. The number of halogens is 1. The molecule has 0 saturated heterocycles. The zero-order valence-corrected chi connectivity index (χ0v) is 10.3. The summed E-state index contributed by atoms with van der Waals surface area (Å²) in [7, 11) is 0. The number of carbonyl (C=O) groups excluding carboxylic acids is 1. The number of hydrogen-bond acceptors (Lipinski definition) is 6. The second-order valence-electron chi connectivity index (χ2n) is 3.19. The fourth-order valence-electron chi connectivity index (χ4n) is 1.13. The van der Waals surface area contributed by atoms with Gasteiger partial charge in [0.2, 0.25) is 5.13 Å². The predicted molar refractivity (Wildman–Crippen MR) is 66.3 cm³/mol. The number of hydrogen-bond donors (Lipinski definition) is 2. The Labute approximate surface area is 106 Å². The van der Waals surface area contributed by atoms with Gasteiger partial charge in [-0.2, -0.15) is 0 Å². The number of nitrogens with one attached hydrogen (secondary N) is 1. The molecule has 2 heterocycles. The summed E-state index contributed by atoms with van der Waals surface area (Å²) >= 11 is 7.07. The van der Waals surface area contributed by atoms with E-state index in [0.29, 0.717) is 10.8 Å². The molecule has 2 aromatic rings. The van der Waals surface area contributed by atoms with Crippen LogP contribution in [0.1, 0.15) is 15.4 Å². The van der Waals surface area contributed by atoms with Crippen molar-refractivity contribution < 1.29 is 4.79 Å². The highest BCUT2D eigenvalue weighted by atomic mass is 35.5. The molecule has 88 valence electrons. The Morgan fingerprint density at radius 2 is 2.29 bits per heavy atom. The number of rotatable bonds is 2. The standard InChI is InChI=1S/C9H8ClN5OS/c1-4-14-15-9(17-4)13-8(16)6-2-5(11)3-12-7(6)10/h2-3H,11H2,1H3,(H,13,15,16). The highest BCUT2D eigenvalue weighted by molar-refractivity contribution is 7.15. The van der Waals surface area contributed by atoms with Crippen LogP contribution in [0.25, 0.3) is 0 Å². The normalized spacial score (nSPS) is 10.2. The maximum atomic E-state index is 11.8. The molecule has 17 heavy (non-hydrogen) atoms. The van der Waals surface area contributed by atoms with Crippen LogP contribution >= 0.6 is 22.9 Å². The van der Waals surface area contributed by atoms with Gasteiger partial charge in [-0.3, -0.25) is 10.1 Å². The molecule has 2 aromatic heterocycles. The van der Waals surface area contributed by atoms with Crippen LogP contribution in [0.5, 0.6) is 0 Å². The lowest BCUT2D eigenvalue weighted by molar-refractivity contribution is 0.102. The number of nitrogens with zero attached hydrogens (tertiary/aromatic N) is 3. The lowest BCUT2D eigenvalue weighted by atomic mass is 10.2. The quantitative estimate of drug-likeness (QED) is 0.810. The van der Waals surface area contributed by atoms with Crippen molar-refractivity contribution in [3.8, 4) is 0 Å². The van der Waals surface area contributed by atoms with Gasteiger partial charge < -0.3 is 5.73 Å². The Kier molecular flexibility index (Phi) is 3.21. The van der Waals surface area contributed by atoms with Crippen LogP contribution in [0.15, 0.2) is 12.3 Å². The molecule has 0 bridgehead atoms. The summed E-state index contributed by atoms with van der Waals surface area (Å²) in [6.45, 7) is 1.79. The second-order valence-corrected chi connectivity index (χ2v) is 4.73. The number of aryl methyl sites for hydroxylation is 1. The zero-order valence-electron chi connectivity index (χ0n) is 8.77. The van der Waals surface area contributed by atoms with Gasteiger partial charge in [-0.05, 0) is 13.0 Å². The van der Waals surface area contributed by atoms with Gasteiger partial charge in [0.15, 0.2) is 0 Å². The van der Waals surface area contributed by atoms with Crippen LogP contribution in [-0.4, -0.2) is 21.1 Å². The molecule has 0 saturated carbocycles. The van der Waals surface area contributed by atoms with Gasteiger partial charge in [-0.15, -0.1) is 10.2 Å². The van der Waals surface area contributed by atoms with Crippen molar-refractivity contribution in [2.75, 3.05) is 11.1 Å². The van der Waals surface area contributed by atoms with E-state index < -0.39 is 5.91 Å². The first-order chi connectivity index (χ1) is 8.06. The first kappa shape index (κ1) is 11.7. The molecule has 0 aliphatic heterocycles. The van der Waals surface area contributed by atoms with Gasteiger partial charge in [-0.25, -0.2) is 4.98 Å². The van der Waals surface area contributed by atoms with E-state index in [2.05, 4.69) is 20.5 Å². The number of amides is 1. The molecule has 0 unspecified atom stereocenters. The molecular weight excluding hydrogens is 262 g/mol. The molecule has 0 aromatic carbocycles. The monoisotopic (exact) mass is 269 g/mol. The van der Waals surface area contributed by atoms with E-state index in [1.165, 1.54) is 23.6 Å². The van der Waals surface area contributed by atoms with E-state index in [-0.39, 0.29) is 10.7 Å². The molecule has 2 rings (SSSR count). The highest BCUT2D eigenvalue weighted by Gasteiger charge is 2.13. The van der Waals surface area contributed by atoms with Gasteiger partial charge in [0.1, 0.15) is 10.2 Å². The lowest BCUT2D eigenvalue weighted by Gasteiger charge is -2.03. The molecule has 0 radical (unpaired) electrons. The van der Waals surface area contributed by atoms with E-state index in [0.717, 1.165) is 5.01 Å².